The number of carbonyl (C=O) groups excluding carboxylic acids is 1. The number of amides is 3. The third-order valence-corrected chi connectivity index (χ3v) is 4.30. The normalized spacial score (nSPS) is 17.6. The molecule has 0 bridgehead atoms. The van der Waals surface area contributed by atoms with E-state index in [1.807, 2.05) is 6.92 Å². The van der Waals surface area contributed by atoms with Gasteiger partial charge in [-0.05, 0) is 24.6 Å². The molecule has 0 radical (unpaired) electrons. The van der Waals surface area contributed by atoms with Crippen molar-refractivity contribution >= 4 is 23.8 Å². The number of halogens is 1. The maximum absolute atomic E-state index is 14.0. The van der Waals surface area contributed by atoms with Crippen LogP contribution in [0.3, 0.4) is 0 Å². The minimum atomic E-state index is -0.924. The van der Waals surface area contributed by atoms with Crippen molar-refractivity contribution in [3.8, 4) is 0 Å². The Balaban J connectivity index is 1.61. The fourth-order valence-electron chi connectivity index (χ4n) is 3.02. The molecule has 1 aromatic heterocycles. The number of nitrogens with zero attached hydrogens (tertiary/aromatic N) is 3. The van der Waals surface area contributed by atoms with Crippen molar-refractivity contribution in [1.82, 2.24) is 14.8 Å². The van der Waals surface area contributed by atoms with Crippen LogP contribution in [0.2, 0.25) is 0 Å². The van der Waals surface area contributed by atoms with Crippen molar-refractivity contribution in [2.75, 3.05) is 30.3 Å². The summed E-state index contributed by atoms with van der Waals surface area (Å²) < 4.78 is 18.9. The van der Waals surface area contributed by atoms with Crippen LogP contribution in [0, 0.1) is 5.82 Å². The largest absolute Gasteiger partial charge is 0.465 e. The topological polar surface area (TPSA) is 111 Å². The Bertz CT molecular complexity index is 814. The molecule has 27 heavy (non-hydrogen) atoms. The van der Waals surface area contributed by atoms with E-state index in [0.29, 0.717) is 26.2 Å². The molecule has 1 aliphatic rings. The number of hydrogen-bond donors (Lipinski definition) is 3. The van der Waals surface area contributed by atoms with E-state index in [9.17, 15) is 14.0 Å². The summed E-state index contributed by atoms with van der Waals surface area (Å²) in [4.78, 5) is 30.3. The van der Waals surface area contributed by atoms with Gasteiger partial charge in [-0.25, -0.2) is 19.0 Å². The third kappa shape index (κ3) is 4.73. The van der Waals surface area contributed by atoms with Crippen LogP contribution in [-0.2, 0) is 6.54 Å². The van der Waals surface area contributed by atoms with Crippen LogP contribution in [0.4, 0.5) is 25.7 Å². The Morgan fingerprint density at radius 3 is 2.85 bits per heavy atom. The number of carboxylic acid groups (broad SMARTS) is 1. The van der Waals surface area contributed by atoms with Crippen molar-refractivity contribution in [2.24, 2.45) is 0 Å². The van der Waals surface area contributed by atoms with Gasteiger partial charge in [-0.3, -0.25) is 10.2 Å². The molecule has 1 saturated heterocycles. The van der Waals surface area contributed by atoms with Crippen LogP contribution in [0.25, 0.3) is 0 Å². The number of rotatable bonds is 4. The Hall–Kier alpha value is -3.14. The fraction of sp³-hybridized carbons (Fsp3) is 0.353. The molecule has 3 N–H and O–H groups in total. The molecule has 144 valence electrons. The van der Waals surface area contributed by atoms with Crippen molar-refractivity contribution in [2.45, 2.75) is 19.5 Å². The molecular weight excluding hydrogens is 357 g/mol. The fourth-order valence-corrected chi connectivity index (χ4v) is 3.02. The molecule has 1 aromatic carbocycles. The van der Waals surface area contributed by atoms with Crippen molar-refractivity contribution in [3.05, 3.63) is 42.0 Å². The lowest BCUT2D eigenvalue weighted by molar-refractivity contribution is 0.0711. The van der Waals surface area contributed by atoms with E-state index in [1.54, 1.807) is 12.1 Å². The third-order valence-electron chi connectivity index (χ3n) is 4.30. The second-order valence-corrected chi connectivity index (χ2v) is 6.29. The van der Waals surface area contributed by atoms with Gasteiger partial charge in [0.25, 0.3) is 0 Å². The molecule has 2 aromatic rings. The van der Waals surface area contributed by atoms with Crippen molar-refractivity contribution < 1.29 is 23.5 Å². The zero-order valence-electron chi connectivity index (χ0n) is 14.7. The minimum absolute atomic E-state index is 0.00866. The number of carbonyl (C=O) groups is 2. The number of hydrogen-bond acceptors (Lipinski definition) is 5. The lowest BCUT2D eigenvalue weighted by atomic mass is 10.1. The van der Waals surface area contributed by atoms with E-state index in [-0.39, 0.29) is 17.7 Å². The summed E-state index contributed by atoms with van der Waals surface area (Å²) in [5.41, 5.74) is 0.840. The van der Waals surface area contributed by atoms with Gasteiger partial charge < -0.3 is 19.7 Å². The highest BCUT2D eigenvalue weighted by molar-refractivity contribution is 5.98. The summed E-state index contributed by atoms with van der Waals surface area (Å²) in [6.07, 6.45) is 1.76. The van der Waals surface area contributed by atoms with Crippen LogP contribution in [-0.4, -0.2) is 57.7 Å². The molecule has 3 rings (SSSR count). The lowest BCUT2D eigenvalue weighted by Gasteiger charge is -2.38. The van der Waals surface area contributed by atoms with Crippen LogP contribution >= 0.6 is 0 Å². The molecule has 9 nitrogen and oxygen atoms in total. The smallest absolute Gasteiger partial charge is 0.407 e. The Morgan fingerprint density at radius 1 is 1.37 bits per heavy atom. The van der Waals surface area contributed by atoms with E-state index in [0.717, 1.165) is 5.56 Å². The first-order valence-electron chi connectivity index (χ1n) is 8.40. The molecular formula is C17H20FN5O4. The van der Waals surface area contributed by atoms with Gasteiger partial charge in [0.05, 0.1) is 11.9 Å². The summed E-state index contributed by atoms with van der Waals surface area (Å²) in [6.45, 7) is 3.96. The van der Waals surface area contributed by atoms with Crippen LogP contribution in [0.15, 0.2) is 35.1 Å². The van der Waals surface area contributed by atoms with Crippen LogP contribution in [0.5, 0.6) is 0 Å². The van der Waals surface area contributed by atoms with Crippen LogP contribution < -0.4 is 10.6 Å². The quantitative estimate of drug-likeness (QED) is 0.755. The lowest BCUT2D eigenvalue weighted by Crippen LogP contribution is -2.53. The Labute approximate surface area is 154 Å². The van der Waals surface area contributed by atoms with E-state index >= 15 is 0 Å². The zero-order valence-corrected chi connectivity index (χ0v) is 14.7. The van der Waals surface area contributed by atoms with E-state index in [2.05, 4.69) is 20.5 Å². The van der Waals surface area contributed by atoms with Gasteiger partial charge in [-0.15, -0.1) is 0 Å². The molecule has 1 aliphatic heterocycles. The second kappa shape index (κ2) is 8.04. The first-order valence-corrected chi connectivity index (χ1v) is 8.40. The Morgan fingerprint density at radius 2 is 2.19 bits per heavy atom. The predicted octanol–water partition coefficient (Wildman–Crippen LogP) is 2.64. The summed E-state index contributed by atoms with van der Waals surface area (Å²) in [5, 5.41) is 13.9. The first kappa shape index (κ1) is 18.6. The van der Waals surface area contributed by atoms with Gasteiger partial charge in [-0.2, -0.15) is 0 Å². The van der Waals surface area contributed by atoms with Gasteiger partial charge in [0, 0.05) is 32.2 Å². The van der Waals surface area contributed by atoms with E-state index < -0.39 is 17.9 Å². The average molecular weight is 377 g/mol. The summed E-state index contributed by atoms with van der Waals surface area (Å²) in [5.74, 6) is -0.564. The molecule has 3 amide bonds. The minimum Gasteiger partial charge on any atom is -0.465 e. The number of oxazole rings is 1. The van der Waals surface area contributed by atoms with Gasteiger partial charge in [0.15, 0.2) is 0 Å². The van der Waals surface area contributed by atoms with Gasteiger partial charge in [0.1, 0.15) is 12.1 Å². The maximum Gasteiger partial charge on any atom is 0.407 e. The molecule has 2 heterocycles. The molecule has 1 fully saturated rings. The molecule has 1 unspecified atom stereocenters. The second-order valence-electron chi connectivity index (χ2n) is 6.29. The van der Waals surface area contributed by atoms with Crippen molar-refractivity contribution in [3.63, 3.8) is 0 Å². The van der Waals surface area contributed by atoms with Gasteiger partial charge in [0.2, 0.25) is 0 Å². The average Bonchev–Trinajstić information content (AvgIpc) is 3.10. The zero-order chi connectivity index (χ0) is 19.4. The molecule has 0 spiro atoms. The summed E-state index contributed by atoms with van der Waals surface area (Å²) in [6, 6.07) is 3.69. The predicted molar refractivity (Wildman–Crippen MR) is 95.0 cm³/mol. The molecule has 1 atom stereocenters. The highest BCUT2D eigenvalue weighted by Gasteiger charge is 2.27. The van der Waals surface area contributed by atoms with Gasteiger partial charge >= 0.3 is 18.1 Å². The number of benzene rings is 1. The van der Waals surface area contributed by atoms with Crippen LogP contribution in [0.1, 0.15) is 12.5 Å². The van der Waals surface area contributed by atoms with Crippen molar-refractivity contribution in [1.29, 1.82) is 0 Å². The van der Waals surface area contributed by atoms with E-state index in [1.165, 1.54) is 23.4 Å². The Kier molecular flexibility index (Phi) is 5.55. The van der Waals surface area contributed by atoms with E-state index in [4.69, 9.17) is 9.52 Å². The molecule has 0 saturated carbocycles. The number of urea groups is 1. The number of nitrogens with one attached hydrogen (secondary N) is 2. The highest BCUT2D eigenvalue weighted by Crippen LogP contribution is 2.19. The number of piperazine rings is 1. The summed E-state index contributed by atoms with van der Waals surface area (Å²) in [7, 11) is 0. The maximum atomic E-state index is 14.0. The number of anilines is 2. The molecule has 0 aliphatic carbocycles. The SMILES string of the molecule is CC1CN(Cc2ccc(F)c(NC(=O)Nc3ncco3)c2)CCN1C(=O)O. The molecule has 10 heteroatoms. The monoisotopic (exact) mass is 377 g/mol. The first-order chi connectivity index (χ1) is 12.9. The highest BCUT2D eigenvalue weighted by atomic mass is 19.1. The summed E-state index contributed by atoms with van der Waals surface area (Å²) >= 11 is 0. The van der Waals surface area contributed by atoms with Gasteiger partial charge in [-0.1, -0.05) is 6.07 Å². The standard InChI is InChI=1S/C17H20FN5O4/c1-11-9-22(5-6-23(11)17(25)26)10-12-2-3-13(18)14(8-12)20-15(24)21-16-19-4-7-27-16/h2-4,7-8,11H,5-6,9-10H2,1H3,(H,25,26)(H2,19,20,21,24). The number of aromatic nitrogens is 1.